The fourth-order valence-corrected chi connectivity index (χ4v) is 3.62. The molecule has 0 bridgehead atoms. The van der Waals surface area contributed by atoms with Crippen LogP contribution in [0.15, 0.2) is 16.7 Å². The fraction of sp³-hybridized carbons (Fsp3) is 0.529. The normalized spacial score (nSPS) is 24.0. The second kappa shape index (κ2) is 5.53. The average Bonchev–Trinajstić information content (AvgIpc) is 3.08. The molecule has 0 spiro atoms. The second-order valence-electron chi connectivity index (χ2n) is 6.46. The second-order valence-corrected chi connectivity index (χ2v) is 6.46. The molecule has 0 fully saturated rings. The Labute approximate surface area is 134 Å². The van der Waals surface area contributed by atoms with Gasteiger partial charge < -0.3 is 14.1 Å². The molecule has 2 aromatic heterocycles. The summed E-state index contributed by atoms with van der Waals surface area (Å²) in [6.07, 6.45) is 4.28. The lowest BCUT2D eigenvalue weighted by atomic mass is 9.99. The molecule has 4 rings (SSSR count). The minimum Gasteiger partial charge on any atom is -0.469 e. The lowest BCUT2D eigenvalue weighted by molar-refractivity contribution is -0.00702. The third-order valence-electron chi connectivity index (χ3n) is 4.75. The number of aromatic amines is 1. The highest BCUT2D eigenvalue weighted by molar-refractivity contribution is 5.94. The molecule has 6 nitrogen and oxygen atoms in total. The van der Waals surface area contributed by atoms with Crippen LogP contribution in [0.4, 0.5) is 0 Å². The maximum atomic E-state index is 13.0. The van der Waals surface area contributed by atoms with Crippen molar-refractivity contribution in [2.24, 2.45) is 0 Å². The monoisotopic (exact) mass is 315 g/mol. The van der Waals surface area contributed by atoms with E-state index in [0.717, 1.165) is 48.4 Å². The molecule has 1 N–H and O–H groups in total. The van der Waals surface area contributed by atoms with E-state index >= 15 is 0 Å². The highest BCUT2D eigenvalue weighted by Gasteiger charge is 2.32. The van der Waals surface area contributed by atoms with E-state index in [4.69, 9.17) is 9.15 Å². The predicted octanol–water partition coefficient (Wildman–Crippen LogP) is 2.61. The molecule has 2 aliphatic rings. The van der Waals surface area contributed by atoms with Crippen molar-refractivity contribution in [2.45, 2.75) is 51.9 Å². The summed E-state index contributed by atoms with van der Waals surface area (Å²) in [5.41, 5.74) is 3.60. The van der Waals surface area contributed by atoms with Gasteiger partial charge in [-0.25, -0.2) is 0 Å². The van der Waals surface area contributed by atoms with Crippen LogP contribution in [0.3, 0.4) is 0 Å². The number of fused-ring (bicyclic) bond motifs is 2. The van der Waals surface area contributed by atoms with E-state index in [2.05, 4.69) is 10.2 Å². The molecular weight excluding hydrogens is 294 g/mol. The minimum absolute atomic E-state index is 0.00199. The Morgan fingerprint density at radius 2 is 2.30 bits per heavy atom. The summed E-state index contributed by atoms with van der Waals surface area (Å²) in [6, 6.07) is 1.96. The van der Waals surface area contributed by atoms with Crippen LogP contribution >= 0.6 is 0 Å². The Kier molecular flexibility index (Phi) is 3.49. The number of carbonyl (C=O) groups excluding carboxylic acids is 1. The first-order chi connectivity index (χ1) is 11.1. The van der Waals surface area contributed by atoms with Gasteiger partial charge >= 0.3 is 0 Å². The van der Waals surface area contributed by atoms with Gasteiger partial charge in [0.15, 0.2) is 5.69 Å². The Bertz CT molecular complexity index is 733. The first-order valence-electron chi connectivity index (χ1n) is 8.20. The maximum Gasteiger partial charge on any atom is 0.274 e. The van der Waals surface area contributed by atoms with Gasteiger partial charge in [-0.2, -0.15) is 5.10 Å². The summed E-state index contributed by atoms with van der Waals surface area (Å²) in [7, 11) is 0. The third kappa shape index (κ3) is 2.47. The van der Waals surface area contributed by atoms with Crippen molar-refractivity contribution < 1.29 is 13.9 Å². The lowest BCUT2D eigenvalue weighted by Crippen LogP contribution is -2.32. The van der Waals surface area contributed by atoms with Crippen LogP contribution in [0.25, 0.3) is 0 Å². The quantitative estimate of drug-likeness (QED) is 0.878. The average molecular weight is 315 g/mol. The number of nitrogens with one attached hydrogen (secondary N) is 1. The largest absolute Gasteiger partial charge is 0.469 e. The van der Waals surface area contributed by atoms with Gasteiger partial charge in [0.25, 0.3) is 5.91 Å². The van der Waals surface area contributed by atoms with E-state index in [0.29, 0.717) is 12.2 Å². The molecule has 6 heteroatoms. The molecule has 0 aromatic carbocycles. The van der Waals surface area contributed by atoms with Crippen molar-refractivity contribution in [2.75, 3.05) is 6.54 Å². The first kappa shape index (κ1) is 14.5. The number of rotatable bonds is 1. The summed E-state index contributed by atoms with van der Waals surface area (Å²) in [4.78, 5) is 14.9. The fourth-order valence-electron chi connectivity index (χ4n) is 3.62. The van der Waals surface area contributed by atoms with E-state index in [1.165, 1.54) is 0 Å². The number of aryl methyl sites for hydroxylation is 1. The van der Waals surface area contributed by atoms with Crippen molar-refractivity contribution in [1.82, 2.24) is 15.1 Å². The van der Waals surface area contributed by atoms with Gasteiger partial charge in [0.05, 0.1) is 24.2 Å². The van der Waals surface area contributed by atoms with E-state index in [1.807, 2.05) is 24.8 Å². The summed E-state index contributed by atoms with van der Waals surface area (Å²) < 4.78 is 11.3. The summed E-state index contributed by atoms with van der Waals surface area (Å²) in [6.45, 7) is 5.34. The molecule has 2 aliphatic heterocycles. The van der Waals surface area contributed by atoms with Gasteiger partial charge in [0.2, 0.25) is 0 Å². The van der Waals surface area contributed by atoms with Crippen molar-refractivity contribution in [1.29, 1.82) is 0 Å². The van der Waals surface area contributed by atoms with E-state index in [9.17, 15) is 4.79 Å². The highest BCUT2D eigenvalue weighted by atomic mass is 16.5. The number of ether oxygens (including phenoxy) is 1. The van der Waals surface area contributed by atoms with Crippen LogP contribution in [0.2, 0.25) is 0 Å². The lowest BCUT2D eigenvalue weighted by Gasteiger charge is -2.26. The number of H-pyrrole nitrogens is 1. The number of carbonyl (C=O) groups is 1. The van der Waals surface area contributed by atoms with Crippen molar-refractivity contribution >= 4 is 5.91 Å². The predicted molar refractivity (Wildman–Crippen MR) is 83.0 cm³/mol. The van der Waals surface area contributed by atoms with Gasteiger partial charge in [-0.15, -0.1) is 0 Å². The zero-order valence-electron chi connectivity index (χ0n) is 13.5. The van der Waals surface area contributed by atoms with Crippen LogP contribution in [0.1, 0.15) is 59.4 Å². The molecule has 1 amide bonds. The zero-order valence-corrected chi connectivity index (χ0v) is 13.5. The SMILES string of the molecule is C[C@@H]1Cc2c(C(=O)N3CCCc4occc4C3)n[nH]c2[C@H](C)O1. The molecule has 0 radical (unpaired) electrons. The van der Waals surface area contributed by atoms with Gasteiger partial charge in [0, 0.05) is 37.1 Å². The number of hydrogen-bond donors (Lipinski definition) is 1. The topological polar surface area (TPSA) is 71.4 Å². The Balaban J connectivity index is 1.63. The van der Waals surface area contributed by atoms with Crippen molar-refractivity contribution in [3.8, 4) is 0 Å². The van der Waals surface area contributed by atoms with Crippen molar-refractivity contribution in [3.05, 3.63) is 40.6 Å². The number of nitrogens with zero attached hydrogens (tertiary/aromatic N) is 2. The Morgan fingerprint density at radius 3 is 3.17 bits per heavy atom. The standard InChI is InChI=1S/C17H21N3O3/c1-10-8-13-15(11(2)23-10)18-19-16(13)17(21)20-6-3-4-14-12(9-20)5-7-22-14/h5,7,10-11H,3-4,6,8-9H2,1-2H3,(H,18,19)/t10-,11+/m1/s1. The molecule has 2 aromatic rings. The highest BCUT2D eigenvalue weighted by Crippen LogP contribution is 2.31. The van der Waals surface area contributed by atoms with Crippen LogP contribution in [0, 0.1) is 0 Å². The molecule has 0 saturated carbocycles. The van der Waals surface area contributed by atoms with Gasteiger partial charge in [-0.1, -0.05) is 0 Å². The first-order valence-corrected chi connectivity index (χ1v) is 8.20. The third-order valence-corrected chi connectivity index (χ3v) is 4.75. The molecule has 2 atom stereocenters. The van der Waals surface area contributed by atoms with Crippen LogP contribution in [-0.2, 0) is 24.1 Å². The van der Waals surface area contributed by atoms with Crippen molar-refractivity contribution in [3.63, 3.8) is 0 Å². The maximum absolute atomic E-state index is 13.0. The molecule has 0 unspecified atom stereocenters. The summed E-state index contributed by atoms with van der Waals surface area (Å²) in [5, 5.41) is 7.32. The molecule has 23 heavy (non-hydrogen) atoms. The number of aromatic nitrogens is 2. The molecular formula is C17H21N3O3. The van der Waals surface area contributed by atoms with Crippen LogP contribution < -0.4 is 0 Å². The number of furan rings is 1. The van der Waals surface area contributed by atoms with Crippen LogP contribution in [-0.4, -0.2) is 33.7 Å². The molecule has 0 aliphatic carbocycles. The van der Waals surface area contributed by atoms with E-state index in [-0.39, 0.29) is 18.1 Å². The summed E-state index contributed by atoms with van der Waals surface area (Å²) >= 11 is 0. The van der Waals surface area contributed by atoms with Gasteiger partial charge in [0.1, 0.15) is 5.76 Å². The zero-order chi connectivity index (χ0) is 16.0. The summed E-state index contributed by atoms with van der Waals surface area (Å²) in [5.74, 6) is 0.998. The van der Waals surface area contributed by atoms with Crippen LogP contribution in [0.5, 0.6) is 0 Å². The van der Waals surface area contributed by atoms with Gasteiger partial charge in [-0.3, -0.25) is 9.89 Å². The number of amides is 1. The van der Waals surface area contributed by atoms with E-state index < -0.39 is 0 Å². The van der Waals surface area contributed by atoms with Gasteiger partial charge in [-0.05, 0) is 26.3 Å². The molecule has 0 saturated heterocycles. The number of hydrogen-bond acceptors (Lipinski definition) is 4. The Hall–Kier alpha value is -2.08. The Morgan fingerprint density at radius 1 is 1.43 bits per heavy atom. The molecule has 4 heterocycles. The minimum atomic E-state index is -0.0487. The van der Waals surface area contributed by atoms with E-state index in [1.54, 1.807) is 6.26 Å². The smallest absolute Gasteiger partial charge is 0.274 e. The molecule has 122 valence electrons.